The van der Waals surface area contributed by atoms with Gasteiger partial charge in [0.1, 0.15) is 0 Å². The quantitative estimate of drug-likeness (QED) is 0.890. The van der Waals surface area contributed by atoms with Gasteiger partial charge in [-0.1, -0.05) is 40.0 Å². The molecule has 3 rings (SSSR count). The van der Waals surface area contributed by atoms with Gasteiger partial charge >= 0.3 is 0 Å². The van der Waals surface area contributed by atoms with Gasteiger partial charge < -0.3 is 10.3 Å². The first-order valence-corrected chi connectivity index (χ1v) is 8.16. The van der Waals surface area contributed by atoms with E-state index in [1.54, 1.807) is 0 Å². The van der Waals surface area contributed by atoms with Crippen molar-refractivity contribution >= 4 is 15.9 Å². The molecule has 4 nitrogen and oxygen atoms in total. The Kier molecular flexibility index (Phi) is 3.88. The Bertz CT molecular complexity index is 655. The molecule has 112 valence electrons. The van der Waals surface area contributed by atoms with E-state index in [1.807, 2.05) is 12.1 Å². The Morgan fingerprint density at radius 2 is 2.19 bits per heavy atom. The van der Waals surface area contributed by atoms with Crippen LogP contribution >= 0.6 is 15.9 Å². The van der Waals surface area contributed by atoms with E-state index in [9.17, 15) is 0 Å². The van der Waals surface area contributed by atoms with Gasteiger partial charge in [0.05, 0.1) is 5.41 Å². The maximum Gasteiger partial charge on any atom is 0.234 e. The highest BCUT2D eigenvalue weighted by molar-refractivity contribution is 9.10. The van der Waals surface area contributed by atoms with E-state index < -0.39 is 0 Å². The Morgan fingerprint density at radius 3 is 2.90 bits per heavy atom. The summed E-state index contributed by atoms with van der Waals surface area (Å²) in [5.41, 5.74) is 8.24. The van der Waals surface area contributed by atoms with Crippen molar-refractivity contribution < 1.29 is 4.52 Å². The second-order valence-electron chi connectivity index (χ2n) is 6.18. The molecule has 2 atom stereocenters. The molecule has 0 bridgehead atoms. The van der Waals surface area contributed by atoms with Gasteiger partial charge in [0.25, 0.3) is 0 Å². The van der Waals surface area contributed by atoms with Crippen molar-refractivity contribution in [3.05, 3.63) is 34.1 Å². The summed E-state index contributed by atoms with van der Waals surface area (Å²) >= 11 is 3.57. The first-order chi connectivity index (χ1) is 10.0. The molecule has 21 heavy (non-hydrogen) atoms. The van der Waals surface area contributed by atoms with Crippen LogP contribution in [0.4, 0.5) is 0 Å². The molecule has 1 aromatic carbocycles. The predicted octanol–water partition coefficient (Wildman–Crippen LogP) is 3.97. The maximum absolute atomic E-state index is 6.31. The molecule has 1 saturated carbocycles. The van der Waals surface area contributed by atoms with E-state index in [2.05, 4.69) is 46.0 Å². The minimum absolute atomic E-state index is 0.0843. The van der Waals surface area contributed by atoms with Crippen LogP contribution in [0.25, 0.3) is 11.4 Å². The molecule has 0 aliphatic heterocycles. The van der Waals surface area contributed by atoms with Crippen LogP contribution in [0.5, 0.6) is 0 Å². The van der Waals surface area contributed by atoms with Gasteiger partial charge in [0, 0.05) is 16.1 Å². The fourth-order valence-electron chi connectivity index (χ4n) is 2.99. The monoisotopic (exact) mass is 349 g/mol. The number of halogens is 1. The summed E-state index contributed by atoms with van der Waals surface area (Å²) in [7, 11) is 0. The summed E-state index contributed by atoms with van der Waals surface area (Å²) < 4.78 is 6.53. The highest BCUT2D eigenvalue weighted by Gasteiger charge is 2.40. The number of nitrogens with two attached hydrogens (primary N) is 1. The third-order valence-corrected chi connectivity index (χ3v) is 5.22. The number of nitrogens with zero attached hydrogens (tertiary/aromatic N) is 2. The van der Waals surface area contributed by atoms with E-state index in [0.29, 0.717) is 11.7 Å². The van der Waals surface area contributed by atoms with Gasteiger partial charge in [-0.15, -0.1) is 0 Å². The molecule has 0 amide bonds. The lowest BCUT2D eigenvalue weighted by molar-refractivity contribution is 0.203. The second kappa shape index (κ2) is 5.54. The normalized spacial score (nSPS) is 26.0. The van der Waals surface area contributed by atoms with Crippen LogP contribution in [-0.2, 0) is 5.41 Å². The molecule has 0 saturated heterocycles. The standard InChI is InChI=1S/C16H20BrN3O/c1-10-6-7-11(12(17)9-10)14-19-15(21-20-14)16(2)8-4-3-5-13(16)18/h6-7,9,13H,3-5,8,18H2,1-2H3. The largest absolute Gasteiger partial charge is 0.338 e. The average Bonchev–Trinajstić information content (AvgIpc) is 2.92. The summed E-state index contributed by atoms with van der Waals surface area (Å²) in [4.78, 5) is 4.63. The Morgan fingerprint density at radius 1 is 1.38 bits per heavy atom. The van der Waals surface area contributed by atoms with Crippen molar-refractivity contribution in [1.29, 1.82) is 0 Å². The molecule has 1 aliphatic rings. The zero-order chi connectivity index (χ0) is 15.0. The summed E-state index contributed by atoms with van der Waals surface area (Å²) in [6.07, 6.45) is 4.37. The van der Waals surface area contributed by atoms with Crippen LogP contribution in [0, 0.1) is 6.92 Å². The number of hydrogen-bond donors (Lipinski definition) is 1. The molecule has 2 unspecified atom stereocenters. The van der Waals surface area contributed by atoms with Crippen LogP contribution in [0.2, 0.25) is 0 Å². The topological polar surface area (TPSA) is 64.9 Å². The van der Waals surface area contributed by atoms with Crippen molar-refractivity contribution in [2.24, 2.45) is 5.73 Å². The SMILES string of the molecule is Cc1ccc(-c2noc(C3(C)CCCCC3N)n2)c(Br)c1. The Labute approximate surface area is 133 Å². The zero-order valence-electron chi connectivity index (χ0n) is 12.4. The van der Waals surface area contributed by atoms with Gasteiger partial charge in [0.2, 0.25) is 11.7 Å². The molecule has 0 spiro atoms. The van der Waals surface area contributed by atoms with Gasteiger partial charge in [-0.05, 0) is 44.4 Å². The second-order valence-corrected chi connectivity index (χ2v) is 7.03. The molecule has 2 aromatic rings. The van der Waals surface area contributed by atoms with Gasteiger partial charge in [0.15, 0.2) is 0 Å². The third kappa shape index (κ3) is 2.64. The van der Waals surface area contributed by atoms with Crippen LogP contribution in [0.15, 0.2) is 27.2 Å². The molecule has 5 heteroatoms. The van der Waals surface area contributed by atoms with E-state index in [0.717, 1.165) is 29.3 Å². The van der Waals surface area contributed by atoms with Crippen molar-refractivity contribution in [3.8, 4) is 11.4 Å². The lowest BCUT2D eigenvalue weighted by atomic mass is 9.72. The van der Waals surface area contributed by atoms with Crippen LogP contribution in [0.3, 0.4) is 0 Å². The highest BCUT2D eigenvalue weighted by atomic mass is 79.9. The Hall–Kier alpha value is -1.20. The van der Waals surface area contributed by atoms with Crippen LogP contribution < -0.4 is 5.73 Å². The predicted molar refractivity (Wildman–Crippen MR) is 86.0 cm³/mol. The number of benzene rings is 1. The minimum Gasteiger partial charge on any atom is -0.338 e. The van der Waals surface area contributed by atoms with Crippen molar-refractivity contribution in [2.45, 2.75) is 51.0 Å². The summed E-state index contributed by atoms with van der Waals surface area (Å²) in [5.74, 6) is 1.29. The van der Waals surface area contributed by atoms with Crippen LogP contribution in [-0.4, -0.2) is 16.2 Å². The minimum atomic E-state index is -0.208. The molecule has 1 heterocycles. The molecule has 2 N–H and O–H groups in total. The van der Waals surface area contributed by atoms with Crippen molar-refractivity contribution in [3.63, 3.8) is 0 Å². The van der Waals surface area contributed by atoms with E-state index in [1.165, 1.54) is 12.0 Å². The van der Waals surface area contributed by atoms with Gasteiger partial charge in [-0.2, -0.15) is 4.98 Å². The molecule has 1 aromatic heterocycles. The summed E-state index contributed by atoms with van der Waals surface area (Å²) in [6.45, 7) is 4.19. The van der Waals surface area contributed by atoms with Gasteiger partial charge in [-0.3, -0.25) is 0 Å². The average molecular weight is 350 g/mol. The van der Waals surface area contributed by atoms with Crippen molar-refractivity contribution in [1.82, 2.24) is 10.1 Å². The first kappa shape index (κ1) is 14.7. The molecule has 1 aliphatic carbocycles. The molecule has 1 fully saturated rings. The lowest BCUT2D eigenvalue weighted by Crippen LogP contribution is -2.45. The fourth-order valence-corrected chi connectivity index (χ4v) is 3.66. The maximum atomic E-state index is 6.31. The summed E-state index contributed by atoms with van der Waals surface area (Å²) in [6, 6.07) is 6.20. The summed E-state index contributed by atoms with van der Waals surface area (Å²) in [5, 5.41) is 4.16. The van der Waals surface area contributed by atoms with Gasteiger partial charge in [-0.25, -0.2) is 0 Å². The number of aryl methyl sites for hydroxylation is 1. The van der Waals surface area contributed by atoms with Crippen LogP contribution in [0.1, 0.15) is 44.1 Å². The van der Waals surface area contributed by atoms with E-state index in [4.69, 9.17) is 10.3 Å². The fraction of sp³-hybridized carbons (Fsp3) is 0.500. The molecular weight excluding hydrogens is 330 g/mol. The first-order valence-electron chi connectivity index (χ1n) is 7.37. The number of aromatic nitrogens is 2. The van der Waals surface area contributed by atoms with E-state index >= 15 is 0 Å². The van der Waals surface area contributed by atoms with E-state index in [-0.39, 0.29) is 11.5 Å². The third-order valence-electron chi connectivity index (χ3n) is 4.56. The molecule has 0 radical (unpaired) electrons. The lowest BCUT2D eigenvalue weighted by Gasteiger charge is -2.35. The highest BCUT2D eigenvalue weighted by Crippen LogP contribution is 2.38. The molecular formula is C16H20BrN3O. The smallest absolute Gasteiger partial charge is 0.234 e. The number of rotatable bonds is 2. The zero-order valence-corrected chi connectivity index (χ0v) is 14.0. The number of hydrogen-bond acceptors (Lipinski definition) is 4. The Balaban J connectivity index is 1.96. The van der Waals surface area contributed by atoms with Crippen molar-refractivity contribution in [2.75, 3.05) is 0 Å².